The largest absolute Gasteiger partial charge is 0.399 e. The number of carbonyl (C=O) groups excluding carboxylic acids is 1. The fourth-order valence-corrected chi connectivity index (χ4v) is 1.71. The van der Waals surface area contributed by atoms with Crippen molar-refractivity contribution in [2.45, 2.75) is 26.8 Å². The van der Waals surface area contributed by atoms with Gasteiger partial charge in [0.2, 0.25) is 0 Å². The Balaban J connectivity index is 2.83. The zero-order valence-corrected chi connectivity index (χ0v) is 11.5. The number of amides is 1. The van der Waals surface area contributed by atoms with E-state index in [9.17, 15) is 4.79 Å². The fraction of sp³-hybridized carbons (Fsp3) is 0.500. The minimum Gasteiger partial charge on any atom is -0.399 e. The second-order valence-corrected chi connectivity index (χ2v) is 4.85. The van der Waals surface area contributed by atoms with Crippen LogP contribution in [0, 0.1) is 12.8 Å². The number of rotatable bonds is 5. The van der Waals surface area contributed by atoms with E-state index >= 15 is 0 Å². The minimum absolute atomic E-state index is 0.00308. The molecule has 1 amide bonds. The zero-order chi connectivity index (χ0) is 13.7. The van der Waals surface area contributed by atoms with E-state index in [-0.39, 0.29) is 11.9 Å². The standard InChI is InChI=1S/C14H22N2O2/c1-9(2)13(8-18-4)16-14(17)12-7-11(15)6-5-10(12)3/h5-7,9,13H,8,15H2,1-4H3,(H,16,17). The third-order valence-corrected chi connectivity index (χ3v) is 2.97. The van der Waals surface area contributed by atoms with E-state index in [1.54, 1.807) is 19.2 Å². The van der Waals surface area contributed by atoms with Crippen LogP contribution in [0.25, 0.3) is 0 Å². The van der Waals surface area contributed by atoms with Gasteiger partial charge < -0.3 is 15.8 Å². The first-order valence-electron chi connectivity index (χ1n) is 6.11. The van der Waals surface area contributed by atoms with Gasteiger partial charge in [-0.05, 0) is 30.5 Å². The molecule has 0 bridgehead atoms. The molecular formula is C14H22N2O2. The number of hydrogen-bond acceptors (Lipinski definition) is 3. The molecule has 0 fully saturated rings. The maximum absolute atomic E-state index is 12.2. The molecule has 0 saturated heterocycles. The van der Waals surface area contributed by atoms with Crippen LogP contribution in [0.15, 0.2) is 18.2 Å². The van der Waals surface area contributed by atoms with Crippen LogP contribution in [0.5, 0.6) is 0 Å². The molecule has 4 nitrogen and oxygen atoms in total. The molecule has 1 aromatic carbocycles. The average Bonchev–Trinajstić information content (AvgIpc) is 2.31. The predicted octanol–water partition coefficient (Wildman–Crippen LogP) is 1.98. The maximum Gasteiger partial charge on any atom is 0.251 e. The van der Waals surface area contributed by atoms with Gasteiger partial charge in [0, 0.05) is 18.4 Å². The van der Waals surface area contributed by atoms with Crippen LogP contribution in [0.4, 0.5) is 5.69 Å². The predicted molar refractivity (Wildman–Crippen MR) is 73.6 cm³/mol. The number of nitrogens with two attached hydrogens (primary N) is 1. The highest BCUT2D eigenvalue weighted by atomic mass is 16.5. The van der Waals surface area contributed by atoms with Crippen LogP contribution in [-0.4, -0.2) is 25.7 Å². The highest BCUT2D eigenvalue weighted by Crippen LogP contribution is 2.13. The summed E-state index contributed by atoms with van der Waals surface area (Å²) >= 11 is 0. The summed E-state index contributed by atoms with van der Waals surface area (Å²) in [4.78, 5) is 12.2. The lowest BCUT2D eigenvalue weighted by molar-refractivity contribution is 0.0866. The van der Waals surface area contributed by atoms with E-state index in [0.29, 0.717) is 23.8 Å². The van der Waals surface area contributed by atoms with Crippen LogP contribution in [0.1, 0.15) is 29.8 Å². The van der Waals surface area contributed by atoms with Gasteiger partial charge in [-0.1, -0.05) is 19.9 Å². The van der Waals surface area contributed by atoms with Crippen molar-refractivity contribution in [2.24, 2.45) is 5.92 Å². The third-order valence-electron chi connectivity index (χ3n) is 2.97. The molecule has 4 heteroatoms. The van der Waals surface area contributed by atoms with Crippen molar-refractivity contribution < 1.29 is 9.53 Å². The summed E-state index contributed by atoms with van der Waals surface area (Å²) in [5, 5.41) is 2.98. The van der Waals surface area contributed by atoms with Gasteiger partial charge in [-0.15, -0.1) is 0 Å². The van der Waals surface area contributed by atoms with E-state index in [1.807, 2.05) is 13.0 Å². The monoisotopic (exact) mass is 250 g/mol. The molecule has 0 aliphatic carbocycles. The van der Waals surface area contributed by atoms with Gasteiger partial charge in [-0.2, -0.15) is 0 Å². The number of anilines is 1. The first-order chi connectivity index (χ1) is 8.45. The smallest absolute Gasteiger partial charge is 0.251 e. The molecule has 1 atom stereocenters. The van der Waals surface area contributed by atoms with Gasteiger partial charge in [-0.3, -0.25) is 4.79 Å². The Morgan fingerprint density at radius 2 is 2.11 bits per heavy atom. The maximum atomic E-state index is 12.2. The Kier molecular flexibility index (Phi) is 5.16. The van der Waals surface area contributed by atoms with Crippen LogP contribution >= 0.6 is 0 Å². The molecule has 0 heterocycles. The topological polar surface area (TPSA) is 64.3 Å². The van der Waals surface area contributed by atoms with Crippen LogP contribution in [0.2, 0.25) is 0 Å². The molecular weight excluding hydrogens is 228 g/mol. The van der Waals surface area contributed by atoms with Crippen molar-refractivity contribution in [2.75, 3.05) is 19.5 Å². The molecule has 0 saturated carbocycles. The first kappa shape index (κ1) is 14.5. The third kappa shape index (κ3) is 3.74. The lowest BCUT2D eigenvalue weighted by atomic mass is 10.0. The van der Waals surface area contributed by atoms with Crippen molar-refractivity contribution in [1.29, 1.82) is 0 Å². The van der Waals surface area contributed by atoms with E-state index in [0.717, 1.165) is 5.56 Å². The first-order valence-corrected chi connectivity index (χ1v) is 6.11. The minimum atomic E-state index is -0.101. The lowest BCUT2D eigenvalue weighted by Crippen LogP contribution is -2.41. The average molecular weight is 250 g/mol. The van der Waals surface area contributed by atoms with Gasteiger partial charge >= 0.3 is 0 Å². The van der Waals surface area contributed by atoms with Crippen LogP contribution in [-0.2, 0) is 4.74 Å². The zero-order valence-electron chi connectivity index (χ0n) is 11.5. The summed E-state index contributed by atoms with van der Waals surface area (Å²) in [6.07, 6.45) is 0. The number of hydrogen-bond donors (Lipinski definition) is 2. The van der Waals surface area contributed by atoms with Gasteiger partial charge in [0.05, 0.1) is 12.6 Å². The molecule has 1 unspecified atom stereocenters. The van der Waals surface area contributed by atoms with Crippen molar-refractivity contribution in [1.82, 2.24) is 5.32 Å². The molecule has 18 heavy (non-hydrogen) atoms. The van der Waals surface area contributed by atoms with Gasteiger partial charge in [0.25, 0.3) is 5.91 Å². The summed E-state index contributed by atoms with van der Waals surface area (Å²) in [6.45, 7) is 6.51. The Morgan fingerprint density at radius 1 is 1.44 bits per heavy atom. The number of aryl methyl sites for hydroxylation is 1. The molecule has 0 aliphatic heterocycles. The molecule has 3 N–H and O–H groups in total. The highest BCUT2D eigenvalue weighted by Gasteiger charge is 2.18. The number of benzene rings is 1. The van der Waals surface area contributed by atoms with Crippen molar-refractivity contribution >= 4 is 11.6 Å². The van der Waals surface area contributed by atoms with E-state index in [1.165, 1.54) is 0 Å². The van der Waals surface area contributed by atoms with Crippen molar-refractivity contribution in [3.63, 3.8) is 0 Å². The molecule has 100 valence electrons. The number of methoxy groups -OCH3 is 1. The van der Waals surface area contributed by atoms with Crippen molar-refractivity contribution in [3.8, 4) is 0 Å². The van der Waals surface area contributed by atoms with Gasteiger partial charge in [0.1, 0.15) is 0 Å². The molecule has 0 radical (unpaired) electrons. The van der Waals surface area contributed by atoms with Gasteiger partial charge in [0.15, 0.2) is 0 Å². The number of nitrogens with one attached hydrogen (secondary N) is 1. The molecule has 1 rings (SSSR count). The Morgan fingerprint density at radius 3 is 2.67 bits per heavy atom. The Bertz CT molecular complexity index is 416. The van der Waals surface area contributed by atoms with Crippen LogP contribution < -0.4 is 11.1 Å². The molecule has 0 spiro atoms. The normalized spacial score (nSPS) is 12.5. The summed E-state index contributed by atoms with van der Waals surface area (Å²) < 4.78 is 5.12. The SMILES string of the molecule is COCC(NC(=O)c1cc(N)ccc1C)C(C)C. The lowest BCUT2D eigenvalue weighted by Gasteiger charge is -2.22. The van der Waals surface area contributed by atoms with Gasteiger partial charge in [-0.25, -0.2) is 0 Å². The summed E-state index contributed by atoms with van der Waals surface area (Å²) in [5.74, 6) is 0.214. The number of carbonyl (C=O) groups is 1. The Hall–Kier alpha value is -1.55. The molecule has 0 aromatic heterocycles. The van der Waals surface area contributed by atoms with E-state index < -0.39 is 0 Å². The van der Waals surface area contributed by atoms with Crippen molar-refractivity contribution in [3.05, 3.63) is 29.3 Å². The second-order valence-electron chi connectivity index (χ2n) is 4.85. The number of ether oxygens (including phenoxy) is 1. The summed E-state index contributed by atoms with van der Waals surface area (Å²) in [7, 11) is 1.63. The highest BCUT2D eigenvalue weighted by molar-refractivity contribution is 5.96. The van der Waals surface area contributed by atoms with E-state index in [4.69, 9.17) is 10.5 Å². The quantitative estimate of drug-likeness (QED) is 0.785. The summed E-state index contributed by atoms with van der Waals surface area (Å²) in [5.41, 5.74) is 7.85. The van der Waals surface area contributed by atoms with E-state index in [2.05, 4.69) is 19.2 Å². The molecule has 1 aromatic rings. The summed E-state index contributed by atoms with van der Waals surface area (Å²) in [6, 6.07) is 5.35. The molecule has 0 aliphatic rings. The second kappa shape index (κ2) is 6.40. The van der Waals surface area contributed by atoms with Crippen LogP contribution in [0.3, 0.4) is 0 Å². The fourth-order valence-electron chi connectivity index (χ4n) is 1.71. The Labute approximate surface area is 109 Å². The number of nitrogen functional groups attached to an aromatic ring is 1.